The van der Waals surface area contributed by atoms with Crippen molar-refractivity contribution in [3.63, 3.8) is 0 Å². The molecule has 10 atom stereocenters. The van der Waals surface area contributed by atoms with E-state index in [1.54, 1.807) is 0 Å². The smallest absolute Gasteiger partial charge is 0.157 e. The van der Waals surface area contributed by atoms with E-state index < -0.39 is 0 Å². The molecule has 0 spiro atoms. The molecule has 3 nitrogen and oxygen atoms in total. The summed E-state index contributed by atoms with van der Waals surface area (Å²) in [6, 6.07) is 0. The SMILES string of the molecule is C=CC1=C(OC)C(C)(C)C2CC[C@]3(C)[C@H](CC[C@@H]4[C@H]5[C@H](C(=C)C)CCC[C@]5(COC5CCCCO5)CC[C@]43C)[C@@]2(C)C1. The topological polar surface area (TPSA) is 27.7 Å². The van der Waals surface area contributed by atoms with E-state index in [0.717, 1.165) is 37.9 Å². The van der Waals surface area contributed by atoms with Crippen molar-refractivity contribution in [1.82, 2.24) is 0 Å². The van der Waals surface area contributed by atoms with Gasteiger partial charge < -0.3 is 14.2 Å². The minimum absolute atomic E-state index is 0.00882. The fourth-order valence-corrected chi connectivity index (χ4v) is 13.3. The third-order valence-corrected chi connectivity index (χ3v) is 15.2. The lowest BCUT2D eigenvalue weighted by atomic mass is 9.31. The molecule has 0 aromatic carbocycles. The standard InChI is InChI=1S/C39H62O3/c1-10-27-24-36(6)30(35(4,5)34(27)40-9)18-20-38(8)31(36)17-16-29-33-28(26(2)3)14-13-19-39(33,22-21-37(29,38)7)25-42-32-15-11-12-23-41-32/h10,28-33H,1-2,11-25H2,3-9H3/t28-,29+,30?,31+,32?,33+,36-,37+,38+,39+/m0/s1. The third kappa shape index (κ3) is 4.32. The first-order valence-corrected chi connectivity index (χ1v) is 17.7. The molecule has 0 N–H and O–H groups in total. The van der Waals surface area contributed by atoms with Gasteiger partial charge in [0.2, 0.25) is 0 Å². The average molecular weight is 579 g/mol. The second-order valence-electron chi connectivity index (χ2n) is 17.2. The van der Waals surface area contributed by atoms with Crippen LogP contribution in [-0.2, 0) is 14.2 Å². The van der Waals surface area contributed by atoms with Gasteiger partial charge in [0, 0.05) is 12.0 Å². The normalized spacial score (nSPS) is 48.3. The molecule has 0 aromatic heterocycles. The van der Waals surface area contributed by atoms with Gasteiger partial charge in [-0.25, -0.2) is 0 Å². The van der Waals surface area contributed by atoms with Gasteiger partial charge in [0.25, 0.3) is 0 Å². The highest BCUT2D eigenvalue weighted by molar-refractivity contribution is 5.34. The maximum atomic E-state index is 6.73. The highest BCUT2D eigenvalue weighted by Gasteiger charge is 2.70. The van der Waals surface area contributed by atoms with Crippen molar-refractivity contribution >= 4 is 0 Å². The van der Waals surface area contributed by atoms with Crippen LogP contribution in [0.3, 0.4) is 0 Å². The van der Waals surface area contributed by atoms with E-state index in [0.29, 0.717) is 28.6 Å². The van der Waals surface area contributed by atoms with E-state index in [2.05, 4.69) is 60.8 Å². The lowest BCUT2D eigenvalue weighted by Gasteiger charge is -2.73. The van der Waals surface area contributed by atoms with Crippen molar-refractivity contribution in [2.75, 3.05) is 20.3 Å². The summed E-state index contributed by atoms with van der Waals surface area (Å²) in [5.74, 6) is 4.61. The molecule has 0 aromatic rings. The molecular formula is C39H62O3. The molecule has 2 unspecified atom stereocenters. The van der Waals surface area contributed by atoms with Crippen molar-refractivity contribution in [2.24, 2.45) is 56.7 Å². The predicted molar refractivity (Wildman–Crippen MR) is 173 cm³/mol. The van der Waals surface area contributed by atoms with Crippen LogP contribution in [0.1, 0.15) is 125 Å². The first-order chi connectivity index (χ1) is 19.9. The maximum absolute atomic E-state index is 6.73. The molecule has 3 heteroatoms. The molecule has 42 heavy (non-hydrogen) atoms. The molecule has 5 fully saturated rings. The van der Waals surface area contributed by atoms with Crippen molar-refractivity contribution in [1.29, 1.82) is 0 Å². The van der Waals surface area contributed by atoms with E-state index in [9.17, 15) is 0 Å². The number of methoxy groups -OCH3 is 1. The second-order valence-corrected chi connectivity index (χ2v) is 17.2. The predicted octanol–water partition coefficient (Wildman–Crippen LogP) is 10.3. The van der Waals surface area contributed by atoms with Crippen molar-refractivity contribution in [2.45, 2.75) is 131 Å². The number of hydrogen-bond acceptors (Lipinski definition) is 3. The van der Waals surface area contributed by atoms with Crippen molar-refractivity contribution in [3.8, 4) is 0 Å². The number of fused-ring (bicyclic) bond motifs is 7. The number of ether oxygens (including phenoxy) is 3. The minimum Gasteiger partial charge on any atom is -0.500 e. The van der Waals surface area contributed by atoms with Crippen LogP contribution in [0, 0.1) is 56.7 Å². The van der Waals surface area contributed by atoms with Gasteiger partial charge in [-0.15, -0.1) is 0 Å². The van der Waals surface area contributed by atoms with E-state index >= 15 is 0 Å². The largest absolute Gasteiger partial charge is 0.500 e. The molecule has 4 saturated carbocycles. The molecule has 0 radical (unpaired) electrons. The number of hydrogen-bond donors (Lipinski definition) is 0. The van der Waals surface area contributed by atoms with Gasteiger partial charge in [0.05, 0.1) is 13.7 Å². The monoisotopic (exact) mass is 578 g/mol. The van der Waals surface area contributed by atoms with Gasteiger partial charge >= 0.3 is 0 Å². The molecule has 0 bridgehead atoms. The van der Waals surface area contributed by atoms with Crippen molar-refractivity contribution in [3.05, 3.63) is 36.1 Å². The zero-order chi connectivity index (χ0) is 30.1. The lowest BCUT2D eigenvalue weighted by molar-refractivity contribution is -0.256. The van der Waals surface area contributed by atoms with Crippen LogP contribution in [0.5, 0.6) is 0 Å². The van der Waals surface area contributed by atoms with Crippen LogP contribution in [0.4, 0.5) is 0 Å². The van der Waals surface area contributed by atoms with Crippen LogP contribution < -0.4 is 0 Å². The van der Waals surface area contributed by atoms with Gasteiger partial charge in [0.1, 0.15) is 5.76 Å². The number of allylic oxidation sites excluding steroid dienone is 4. The highest BCUT2D eigenvalue weighted by atomic mass is 16.7. The van der Waals surface area contributed by atoms with Gasteiger partial charge in [-0.05, 0) is 141 Å². The van der Waals surface area contributed by atoms with Gasteiger partial charge in [-0.2, -0.15) is 0 Å². The number of rotatable bonds is 6. The molecule has 5 aliphatic carbocycles. The van der Waals surface area contributed by atoms with Crippen LogP contribution in [0.25, 0.3) is 0 Å². The van der Waals surface area contributed by atoms with E-state index in [-0.39, 0.29) is 22.5 Å². The van der Waals surface area contributed by atoms with Crippen LogP contribution in [0.2, 0.25) is 0 Å². The molecule has 6 aliphatic rings. The molecule has 1 aliphatic heterocycles. The summed E-state index contributed by atoms with van der Waals surface area (Å²) in [5.41, 5.74) is 4.05. The summed E-state index contributed by atoms with van der Waals surface area (Å²) in [6.07, 6.45) is 18.7. The summed E-state index contributed by atoms with van der Waals surface area (Å²) in [4.78, 5) is 0. The van der Waals surface area contributed by atoms with Crippen LogP contribution >= 0.6 is 0 Å². The Balaban J connectivity index is 1.36. The highest BCUT2D eigenvalue weighted by Crippen LogP contribution is 2.77. The zero-order valence-electron chi connectivity index (χ0n) is 28.3. The van der Waals surface area contributed by atoms with E-state index in [4.69, 9.17) is 14.2 Å². The zero-order valence-corrected chi connectivity index (χ0v) is 28.3. The summed E-state index contributed by atoms with van der Waals surface area (Å²) >= 11 is 0. The van der Waals surface area contributed by atoms with Crippen molar-refractivity contribution < 1.29 is 14.2 Å². The van der Waals surface area contributed by atoms with E-state index in [1.165, 1.54) is 87.5 Å². The lowest BCUT2D eigenvalue weighted by Crippen LogP contribution is -2.67. The molecule has 236 valence electrons. The van der Waals surface area contributed by atoms with Gasteiger partial charge in [-0.1, -0.05) is 65.8 Å². The Morgan fingerprint density at radius 2 is 1.69 bits per heavy atom. The quantitative estimate of drug-likeness (QED) is 0.293. The summed E-state index contributed by atoms with van der Waals surface area (Å²) in [7, 11) is 1.88. The Morgan fingerprint density at radius 1 is 0.905 bits per heavy atom. The minimum atomic E-state index is 0.00882. The Hall–Kier alpha value is -1.06. The fraction of sp³-hybridized carbons (Fsp3) is 0.846. The summed E-state index contributed by atoms with van der Waals surface area (Å²) in [5, 5.41) is 0. The average Bonchev–Trinajstić information content (AvgIpc) is 2.96. The Bertz CT molecular complexity index is 1100. The first-order valence-electron chi connectivity index (χ1n) is 17.7. The van der Waals surface area contributed by atoms with E-state index in [1.807, 2.05) is 7.11 Å². The second kappa shape index (κ2) is 10.8. The molecule has 1 heterocycles. The van der Waals surface area contributed by atoms with Crippen LogP contribution in [0.15, 0.2) is 36.1 Å². The first kappa shape index (κ1) is 30.9. The van der Waals surface area contributed by atoms with Crippen LogP contribution in [-0.4, -0.2) is 26.6 Å². The van der Waals surface area contributed by atoms with Gasteiger partial charge in [-0.3, -0.25) is 0 Å². The Labute approximate surface area is 258 Å². The summed E-state index contributed by atoms with van der Waals surface area (Å²) < 4.78 is 18.9. The molecule has 0 amide bonds. The summed E-state index contributed by atoms with van der Waals surface area (Å²) in [6.45, 7) is 26.1. The van der Waals surface area contributed by atoms with Gasteiger partial charge in [0.15, 0.2) is 6.29 Å². The fourth-order valence-electron chi connectivity index (χ4n) is 13.3. The maximum Gasteiger partial charge on any atom is 0.157 e. The molecule has 6 rings (SSSR count). The molecule has 1 saturated heterocycles. The Morgan fingerprint density at radius 3 is 2.36 bits per heavy atom. The Kier molecular flexibility index (Phi) is 7.95. The third-order valence-electron chi connectivity index (χ3n) is 15.2. The molecular weight excluding hydrogens is 516 g/mol.